The van der Waals surface area contributed by atoms with E-state index in [9.17, 15) is 9.59 Å². The molecular weight excluding hydrogens is 288 g/mol. The number of aromatic amines is 1. The van der Waals surface area contributed by atoms with E-state index < -0.39 is 0 Å². The second-order valence-electron chi connectivity index (χ2n) is 5.39. The van der Waals surface area contributed by atoms with Gasteiger partial charge in [-0.1, -0.05) is 0 Å². The molecule has 2 aromatic heterocycles. The average Bonchev–Trinajstić information content (AvgIpc) is 2.96. The first-order valence-corrected chi connectivity index (χ1v) is 7.95. The van der Waals surface area contributed by atoms with Crippen molar-refractivity contribution in [1.82, 2.24) is 20.2 Å². The summed E-state index contributed by atoms with van der Waals surface area (Å²) < 4.78 is 0.629. The van der Waals surface area contributed by atoms with Gasteiger partial charge in [-0.05, 0) is 30.8 Å². The first kappa shape index (κ1) is 14.2. The third kappa shape index (κ3) is 2.98. The van der Waals surface area contributed by atoms with Crippen molar-refractivity contribution in [3.05, 3.63) is 27.6 Å². The summed E-state index contributed by atoms with van der Waals surface area (Å²) in [5.41, 5.74) is 0.559. The van der Waals surface area contributed by atoms with E-state index in [1.165, 1.54) is 11.3 Å². The Kier molecular flexibility index (Phi) is 4.03. The predicted octanol–water partition coefficient (Wildman–Crippen LogP) is 0.943. The van der Waals surface area contributed by atoms with Crippen LogP contribution in [0.5, 0.6) is 0 Å². The zero-order valence-corrected chi connectivity index (χ0v) is 12.7. The number of thiophene rings is 1. The predicted molar refractivity (Wildman–Crippen MR) is 82.3 cm³/mol. The molecule has 0 radical (unpaired) electrons. The Bertz CT molecular complexity index is 702. The number of nitrogens with one attached hydrogen (secondary N) is 2. The maximum Gasteiger partial charge on any atom is 0.268 e. The number of carbonyl (C=O) groups is 1. The fraction of sp³-hybridized carbons (Fsp3) is 0.500. The largest absolute Gasteiger partial charge is 0.338 e. The Labute approximate surface area is 126 Å². The van der Waals surface area contributed by atoms with Crippen LogP contribution < -0.4 is 10.9 Å². The molecular formula is C14H18N4O2S. The van der Waals surface area contributed by atoms with E-state index in [0.29, 0.717) is 22.6 Å². The normalized spacial score (nSPS) is 18.8. The van der Waals surface area contributed by atoms with Gasteiger partial charge in [-0.15, -0.1) is 11.3 Å². The molecule has 2 N–H and O–H groups in total. The number of fused-ring (bicyclic) bond motifs is 1. The molecule has 1 fully saturated rings. The van der Waals surface area contributed by atoms with Crippen LogP contribution in [0.3, 0.4) is 0 Å². The third-order valence-corrected chi connectivity index (χ3v) is 4.68. The molecule has 1 aliphatic heterocycles. The van der Waals surface area contributed by atoms with Gasteiger partial charge in [0.25, 0.3) is 5.56 Å². The van der Waals surface area contributed by atoms with Gasteiger partial charge < -0.3 is 15.2 Å². The molecule has 112 valence electrons. The molecule has 0 aromatic carbocycles. The molecule has 21 heavy (non-hydrogen) atoms. The summed E-state index contributed by atoms with van der Waals surface area (Å²) in [4.78, 5) is 33.1. The minimum atomic E-state index is -0.134. The second-order valence-corrected chi connectivity index (χ2v) is 6.30. The number of carbonyl (C=O) groups excluding carboxylic acids is 1. The lowest BCUT2D eigenvalue weighted by molar-refractivity contribution is -0.135. The molecule has 0 saturated carbocycles. The van der Waals surface area contributed by atoms with Gasteiger partial charge in [0.2, 0.25) is 5.91 Å². The van der Waals surface area contributed by atoms with Crippen LogP contribution in [0, 0.1) is 5.92 Å². The Balaban J connectivity index is 1.74. The van der Waals surface area contributed by atoms with Crippen LogP contribution >= 0.6 is 11.3 Å². The Hall–Kier alpha value is -1.73. The highest BCUT2D eigenvalue weighted by Crippen LogP contribution is 2.16. The molecule has 7 heteroatoms. The van der Waals surface area contributed by atoms with Crippen LogP contribution in [0.15, 0.2) is 16.2 Å². The number of aromatic nitrogens is 2. The standard InChI is InChI=1S/C14H18N4O2S/c1-18(14(20)9-3-2-5-15-7-9)8-11-16-10-4-6-21-12(10)13(19)17-11/h4,6,9,15H,2-3,5,7-8H2,1H3,(H,16,17,19). The van der Waals surface area contributed by atoms with Crippen molar-refractivity contribution in [2.75, 3.05) is 20.1 Å². The van der Waals surface area contributed by atoms with Crippen molar-refractivity contribution in [2.45, 2.75) is 19.4 Å². The minimum Gasteiger partial charge on any atom is -0.338 e. The summed E-state index contributed by atoms with van der Waals surface area (Å²) in [6.07, 6.45) is 1.95. The molecule has 1 unspecified atom stereocenters. The first-order chi connectivity index (χ1) is 10.1. The maximum atomic E-state index is 12.4. The number of piperidine rings is 1. The summed E-state index contributed by atoms with van der Waals surface area (Å²) in [5.74, 6) is 0.668. The molecule has 2 aromatic rings. The van der Waals surface area contributed by atoms with Crippen LogP contribution in [0.1, 0.15) is 18.7 Å². The van der Waals surface area contributed by atoms with Gasteiger partial charge in [0.05, 0.1) is 18.0 Å². The van der Waals surface area contributed by atoms with Gasteiger partial charge in [0.1, 0.15) is 10.5 Å². The molecule has 0 spiro atoms. The van der Waals surface area contributed by atoms with Gasteiger partial charge in [-0.2, -0.15) is 0 Å². The fourth-order valence-corrected chi connectivity index (χ4v) is 3.40. The molecule has 3 rings (SSSR count). The molecule has 1 amide bonds. The van der Waals surface area contributed by atoms with Gasteiger partial charge in [0, 0.05) is 13.6 Å². The average molecular weight is 306 g/mol. The molecule has 0 aliphatic carbocycles. The molecule has 1 saturated heterocycles. The van der Waals surface area contributed by atoms with Crippen LogP contribution in [0.2, 0.25) is 0 Å². The van der Waals surface area contributed by atoms with E-state index in [4.69, 9.17) is 0 Å². The van der Waals surface area contributed by atoms with E-state index in [1.807, 2.05) is 11.4 Å². The molecule has 6 nitrogen and oxygen atoms in total. The number of amides is 1. The fourth-order valence-electron chi connectivity index (χ4n) is 2.67. The van der Waals surface area contributed by atoms with Crippen molar-refractivity contribution in [2.24, 2.45) is 5.92 Å². The summed E-state index contributed by atoms with van der Waals surface area (Å²) in [7, 11) is 1.76. The Morgan fingerprint density at radius 2 is 2.43 bits per heavy atom. The van der Waals surface area contributed by atoms with Gasteiger partial charge >= 0.3 is 0 Å². The van der Waals surface area contributed by atoms with Crippen molar-refractivity contribution < 1.29 is 4.79 Å². The zero-order chi connectivity index (χ0) is 14.8. The smallest absolute Gasteiger partial charge is 0.268 e. The van der Waals surface area contributed by atoms with E-state index in [1.54, 1.807) is 11.9 Å². The lowest BCUT2D eigenvalue weighted by atomic mass is 9.98. The van der Waals surface area contributed by atoms with E-state index >= 15 is 0 Å². The molecule has 1 atom stereocenters. The number of rotatable bonds is 3. The zero-order valence-electron chi connectivity index (χ0n) is 11.9. The summed E-state index contributed by atoms with van der Waals surface area (Å²) >= 11 is 1.38. The highest BCUT2D eigenvalue weighted by atomic mass is 32.1. The lowest BCUT2D eigenvalue weighted by Crippen LogP contribution is -2.41. The monoisotopic (exact) mass is 306 g/mol. The topological polar surface area (TPSA) is 78.1 Å². The Morgan fingerprint density at radius 3 is 3.19 bits per heavy atom. The highest BCUT2D eigenvalue weighted by molar-refractivity contribution is 7.17. The van der Waals surface area contributed by atoms with E-state index in [-0.39, 0.29) is 17.4 Å². The molecule has 1 aliphatic rings. The number of hydrogen-bond donors (Lipinski definition) is 2. The van der Waals surface area contributed by atoms with Gasteiger partial charge in [-0.3, -0.25) is 9.59 Å². The summed E-state index contributed by atoms with van der Waals surface area (Å²) in [6, 6.07) is 1.83. The minimum absolute atomic E-state index is 0.0281. The van der Waals surface area contributed by atoms with E-state index in [2.05, 4.69) is 15.3 Å². The Morgan fingerprint density at radius 1 is 1.57 bits per heavy atom. The van der Waals surface area contributed by atoms with Crippen LogP contribution in [0.25, 0.3) is 10.2 Å². The summed E-state index contributed by atoms with van der Waals surface area (Å²) in [5, 5.41) is 5.09. The molecule has 3 heterocycles. The number of nitrogens with zero attached hydrogens (tertiary/aromatic N) is 2. The highest BCUT2D eigenvalue weighted by Gasteiger charge is 2.24. The number of H-pyrrole nitrogens is 1. The quantitative estimate of drug-likeness (QED) is 0.885. The van der Waals surface area contributed by atoms with E-state index in [0.717, 1.165) is 25.9 Å². The first-order valence-electron chi connectivity index (χ1n) is 7.07. The van der Waals surface area contributed by atoms with Crippen molar-refractivity contribution >= 4 is 27.5 Å². The van der Waals surface area contributed by atoms with Crippen molar-refractivity contribution in [3.8, 4) is 0 Å². The van der Waals surface area contributed by atoms with Crippen molar-refractivity contribution in [1.29, 1.82) is 0 Å². The number of hydrogen-bond acceptors (Lipinski definition) is 5. The van der Waals surface area contributed by atoms with Crippen LogP contribution in [-0.4, -0.2) is 40.9 Å². The SMILES string of the molecule is CN(Cc1nc2ccsc2c(=O)[nH]1)C(=O)C1CCCNC1. The second kappa shape index (κ2) is 5.95. The summed E-state index contributed by atoms with van der Waals surface area (Å²) in [6.45, 7) is 2.05. The van der Waals surface area contributed by atoms with Gasteiger partial charge in [0.15, 0.2) is 0 Å². The van der Waals surface area contributed by atoms with Gasteiger partial charge in [-0.25, -0.2) is 4.98 Å². The lowest BCUT2D eigenvalue weighted by Gasteiger charge is -2.26. The van der Waals surface area contributed by atoms with Crippen LogP contribution in [0.4, 0.5) is 0 Å². The molecule has 0 bridgehead atoms. The third-order valence-electron chi connectivity index (χ3n) is 3.77. The van der Waals surface area contributed by atoms with Crippen molar-refractivity contribution in [3.63, 3.8) is 0 Å². The maximum absolute atomic E-state index is 12.4. The van der Waals surface area contributed by atoms with Crippen LogP contribution in [-0.2, 0) is 11.3 Å².